The van der Waals surface area contributed by atoms with E-state index in [4.69, 9.17) is 4.52 Å². The monoisotopic (exact) mass is 323 g/mol. The Kier molecular flexibility index (Phi) is 4.41. The number of nitrogens with zero attached hydrogens (tertiary/aromatic N) is 3. The molecule has 1 aromatic carbocycles. The standard InChI is InChI=1S/C16H19F2N3O2/c1-9(2)16-19-15(20-23-16)8-21-7-11(22)6-14(21)12-5-10(17)3-4-13(12)18/h3-5,9,11,14,22H,6-8H2,1-2H3. The number of benzene rings is 1. The summed E-state index contributed by atoms with van der Waals surface area (Å²) in [6.07, 6.45) is -0.255. The summed E-state index contributed by atoms with van der Waals surface area (Å²) in [7, 11) is 0. The number of aliphatic hydroxyl groups is 1. The van der Waals surface area contributed by atoms with E-state index in [1.807, 2.05) is 18.7 Å². The summed E-state index contributed by atoms with van der Waals surface area (Å²) in [6.45, 7) is 4.56. The molecule has 0 amide bonds. The molecule has 0 aliphatic carbocycles. The highest BCUT2D eigenvalue weighted by molar-refractivity contribution is 5.24. The largest absolute Gasteiger partial charge is 0.392 e. The summed E-state index contributed by atoms with van der Waals surface area (Å²) in [5.41, 5.74) is 0.245. The lowest BCUT2D eigenvalue weighted by molar-refractivity contribution is 0.170. The van der Waals surface area contributed by atoms with Crippen molar-refractivity contribution in [2.45, 2.75) is 44.9 Å². The fraction of sp³-hybridized carbons (Fsp3) is 0.500. The Balaban J connectivity index is 1.83. The topological polar surface area (TPSA) is 62.4 Å². The zero-order valence-electron chi connectivity index (χ0n) is 13.0. The van der Waals surface area contributed by atoms with Crippen molar-refractivity contribution in [1.29, 1.82) is 0 Å². The number of likely N-dealkylation sites (tertiary alicyclic amines) is 1. The van der Waals surface area contributed by atoms with Crippen LogP contribution in [0.1, 0.15) is 49.5 Å². The van der Waals surface area contributed by atoms with Gasteiger partial charge in [-0.25, -0.2) is 8.78 Å². The first-order valence-corrected chi connectivity index (χ1v) is 7.63. The molecule has 0 spiro atoms. The van der Waals surface area contributed by atoms with Crippen LogP contribution in [0.5, 0.6) is 0 Å². The molecule has 7 heteroatoms. The van der Waals surface area contributed by atoms with E-state index >= 15 is 0 Å². The molecule has 23 heavy (non-hydrogen) atoms. The molecule has 3 rings (SSSR count). The van der Waals surface area contributed by atoms with Gasteiger partial charge < -0.3 is 9.63 Å². The van der Waals surface area contributed by atoms with Crippen LogP contribution in [0.25, 0.3) is 0 Å². The van der Waals surface area contributed by atoms with E-state index in [2.05, 4.69) is 10.1 Å². The average molecular weight is 323 g/mol. The third kappa shape index (κ3) is 3.40. The van der Waals surface area contributed by atoms with Crippen molar-refractivity contribution in [2.75, 3.05) is 6.54 Å². The fourth-order valence-corrected chi connectivity index (χ4v) is 2.90. The van der Waals surface area contributed by atoms with Crippen molar-refractivity contribution in [2.24, 2.45) is 0 Å². The predicted octanol–water partition coefficient (Wildman–Crippen LogP) is 2.78. The quantitative estimate of drug-likeness (QED) is 0.937. The molecule has 1 aliphatic rings. The summed E-state index contributed by atoms with van der Waals surface area (Å²) < 4.78 is 32.7. The van der Waals surface area contributed by atoms with Gasteiger partial charge in [-0.05, 0) is 24.6 Å². The number of aliphatic hydroxyl groups excluding tert-OH is 1. The van der Waals surface area contributed by atoms with Crippen LogP contribution in [-0.2, 0) is 6.54 Å². The predicted molar refractivity (Wildman–Crippen MR) is 78.5 cm³/mol. The lowest BCUT2D eigenvalue weighted by Gasteiger charge is -2.23. The molecular formula is C16H19F2N3O2. The number of halogens is 2. The van der Waals surface area contributed by atoms with Crippen LogP contribution >= 0.6 is 0 Å². The van der Waals surface area contributed by atoms with Crippen LogP contribution in [0.4, 0.5) is 8.78 Å². The first-order valence-electron chi connectivity index (χ1n) is 7.63. The zero-order valence-corrected chi connectivity index (χ0v) is 13.0. The summed E-state index contributed by atoms with van der Waals surface area (Å²) in [5, 5.41) is 13.9. The number of hydrogen-bond acceptors (Lipinski definition) is 5. The Bertz CT molecular complexity index is 690. The Hall–Kier alpha value is -1.86. The second-order valence-electron chi connectivity index (χ2n) is 6.20. The van der Waals surface area contributed by atoms with Crippen molar-refractivity contribution in [3.05, 3.63) is 47.1 Å². The third-order valence-electron chi connectivity index (χ3n) is 4.02. The molecular weight excluding hydrogens is 304 g/mol. The molecule has 0 radical (unpaired) electrons. The Morgan fingerprint density at radius 3 is 2.87 bits per heavy atom. The van der Waals surface area contributed by atoms with Crippen LogP contribution in [0, 0.1) is 11.6 Å². The Morgan fingerprint density at radius 2 is 2.17 bits per heavy atom. The molecule has 1 saturated heterocycles. The van der Waals surface area contributed by atoms with Crippen molar-refractivity contribution < 1.29 is 18.4 Å². The number of rotatable bonds is 4. The molecule has 0 bridgehead atoms. The number of aromatic nitrogens is 2. The fourth-order valence-electron chi connectivity index (χ4n) is 2.90. The maximum atomic E-state index is 14.0. The minimum absolute atomic E-state index is 0.122. The van der Waals surface area contributed by atoms with Gasteiger partial charge in [-0.1, -0.05) is 19.0 Å². The molecule has 1 aromatic heterocycles. The second-order valence-corrected chi connectivity index (χ2v) is 6.20. The first-order chi connectivity index (χ1) is 10.9. The number of hydrogen-bond donors (Lipinski definition) is 1. The van der Waals surface area contributed by atoms with Gasteiger partial charge in [0.1, 0.15) is 11.6 Å². The maximum Gasteiger partial charge on any atom is 0.229 e. The van der Waals surface area contributed by atoms with Gasteiger partial charge in [0, 0.05) is 24.1 Å². The molecule has 2 unspecified atom stereocenters. The lowest BCUT2D eigenvalue weighted by Crippen LogP contribution is -2.25. The minimum atomic E-state index is -0.598. The molecule has 5 nitrogen and oxygen atoms in total. The highest BCUT2D eigenvalue weighted by atomic mass is 19.1. The van der Waals surface area contributed by atoms with E-state index in [-0.39, 0.29) is 11.5 Å². The Morgan fingerprint density at radius 1 is 1.39 bits per heavy atom. The van der Waals surface area contributed by atoms with E-state index < -0.39 is 23.8 Å². The summed E-state index contributed by atoms with van der Waals surface area (Å²) in [4.78, 5) is 6.14. The van der Waals surface area contributed by atoms with E-state index in [1.54, 1.807) is 0 Å². The minimum Gasteiger partial charge on any atom is -0.392 e. The highest BCUT2D eigenvalue weighted by Gasteiger charge is 2.34. The average Bonchev–Trinajstić information content (AvgIpc) is 3.09. The molecule has 0 saturated carbocycles. The van der Waals surface area contributed by atoms with E-state index in [0.717, 1.165) is 12.1 Å². The van der Waals surface area contributed by atoms with E-state index in [1.165, 1.54) is 6.07 Å². The molecule has 1 aliphatic heterocycles. The van der Waals surface area contributed by atoms with Gasteiger partial charge in [-0.3, -0.25) is 4.90 Å². The molecule has 1 fully saturated rings. The molecule has 2 atom stereocenters. The number of β-amino-alcohol motifs (C(OH)–C–C–N with tert-alkyl or cyclic N) is 1. The lowest BCUT2D eigenvalue weighted by atomic mass is 10.0. The SMILES string of the molecule is CC(C)c1nc(CN2CC(O)CC2c2cc(F)ccc2F)no1. The van der Waals surface area contributed by atoms with Crippen LogP contribution in [0.2, 0.25) is 0 Å². The maximum absolute atomic E-state index is 14.0. The van der Waals surface area contributed by atoms with Gasteiger partial charge in [0.05, 0.1) is 12.6 Å². The molecule has 1 N–H and O–H groups in total. The summed E-state index contributed by atoms with van der Waals surface area (Å²) in [5.74, 6) is 0.158. The Labute approximate surface area is 132 Å². The molecule has 124 valence electrons. The van der Waals surface area contributed by atoms with Crippen LogP contribution in [-0.4, -0.2) is 32.8 Å². The van der Waals surface area contributed by atoms with E-state index in [9.17, 15) is 13.9 Å². The van der Waals surface area contributed by atoms with Gasteiger partial charge >= 0.3 is 0 Å². The second kappa shape index (κ2) is 6.33. The van der Waals surface area contributed by atoms with Crippen LogP contribution in [0.15, 0.2) is 22.7 Å². The molecule has 2 heterocycles. The summed E-state index contributed by atoms with van der Waals surface area (Å²) in [6, 6.07) is 2.96. The van der Waals surface area contributed by atoms with Gasteiger partial charge in [0.15, 0.2) is 5.82 Å². The van der Waals surface area contributed by atoms with Crippen LogP contribution < -0.4 is 0 Å². The van der Waals surface area contributed by atoms with Gasteiger partial charge in [-0.15, -0.1) is 0 Å². The van der Waals surface area contributed by atoms with E-state index in [0.29, 0.717) is 31.2 Å². The van der Waals surface area contributed by atoms with Crippen molar-refractivity contribution in [1.82, 2.24) is 15.0 Å². The first kappa shape index (κ1) is 16.0. The van der Waals surface area contributed by atoms with Gasteiger partial charge in [0.2, 0.25) is 5.89 Å². The van der Waals surface area contributed by atoms with Crippen molar-refractivity contribution >= 4 is 0 Å². The highest BCUT2D eigenvalue weighted by Crippen LogP contribution is 2.34. The van der Waals surface area contributed by atoms with Crippen molar-refractivity contribution in [3.63, 3.8) is 0 Å². The third-order valence-corrected chi connectivity index (χ3v) is 4.02. The van der Waals surface area contributed by atoms with Crippen LogP contribution in [0.3, 0.4) is 0 Å². The molecule has 2 aromatic rings. The van der Waals surface area contributed by atoms with Gasteiger partial charge in [-0.2, -0.15) is 4.98 Å². The van der Waals surface area contributed by atoms with Gasteiger partial charge in [0.25, 0.3) is 0 Å². The smallest absolute Gasteiger partial charge is 0.229 e. The normalized spacial score (nSPS) is 22.2. The summed E-state index contributed by atoms with van der Waals surface area (Å²) >= 11 is 0. The zero-order chi connectivity index (χ0) is 16.6. The van der Waals surface area contributed by atoms with Crippen molar-refractivity contribution in [3.8, 4) is 0 Å².